The second kappa shape index (κ2) is 4.99. The summed E-state index contributed by atoms with van der Waals surface area (Å²) in [5, 5.41) is 9.88. The molecule has 19 heavy (non-hydrogen) atoms. The van der Waals surface area contributed by atoms with E-state index in [-0.39, 0.29) is 6.61 Å². The number of nitrogens with zero attached hydrogens (tertiary/aromatic N) is 3. The highest BCUT2D eigenvalue weighted by Gasteiger charge is 2.12. The molecule has 1 N–H and O–H groups in total. The Labute approximate surface area is 115 Å². The Morgan fingerprint density at radius 3 is 2.89 bits per heavy atom. The van der Waals surface area contributed by atoms with Crippen LogP contribution in [-0.2, 0) is 6.54 Å². The molecule has 0 aliphatic heterocycles. The Kier molecular flexibility index (Phi) is 3.19. The van der Waals surface area contributed by atoms with Crippen LogP contribution in [0.3, 0.4) is 0 Å². The molecule has 0 radical (unpaired) electrons. The molecule has 0 saturated carbocycles. The van der Waals surface area contributed by atoms with Crippen LogP contribution >= 0.6 is 11.6 Å². The van der Waals surface area contributed by atoms with Crippen molar-refractivity contribution >= 4 is 22.8 Å². The van der Waals surface area contributed by atoms with E-state index >= 15 is 0 Å². The third-order valence-electron chi connectivity index (χ3n) is 2.91. The summed E-state index contributed by atoms with van der Waals surface area (Å²) in [5.41, 5.74) is 2.50. The van der Waals surface area contributed by atoms with Crippen molar-refractivity contribution in [2.24, 2.45) is 0 Å². The van der Waals surface area contributed by atoms with Gasteiger partial charge in [0.2, 0.25) is 0 Å². The molecule has 0 amide bonds. The number of imidazole rings is 1. The molecule has 2 aromatic heterocycles. The lowest BCUT2D eigenvalue weighted by Crippen LogP contribution is -2.04. The van der Waals surface area contributed by atoms with E-state index in [9.17, 15) is 5.11 Å². The lowest BCUT2D eigenvalue weighted by molar-refractivity contribution is 0.278. The van der Waals surface area contributed by atoms with Crippen LogP contribution in [0.2, 0.25) is 5.02 Å². The fraction of sp³-hybridized carbons (Fsp3) is 0.143. The van der Waals surface area contributed by atoms with Gasteiger partial charge < -0.3 is 9.67 Å². The minimum atomic E-state index is 0.0373. The third-order valence-corrected chi connectivity index (χ3v) is 3.15. The molecular weight excluding hydrogens is 262 g/mol. The molecular formula is C14H12ClN3O. The van der Waals surface area contributed by atoms with Crippen LogP contribution < -0.4 is 0 Å². The first kappa shape index (κ1) is 12.1. The molecule has 5 heteroatoms. The van der Waals surface area contributed by atoms with Gasteiger partial charge in [-0.2, -0.15) is 0 Å². The quantitative estimate of drug-likeness (QED) is 0.798. The summed E-state index contributed by atoms with van der Waals surface area (Å²) in [6.45, 7) is 0.491. The average Bonchev–Trinajstić information content (AvgIpc) is 2.79. The average molecular weight is 274 g/mol. The van der Waals surface area contributed by atoms with Gasteiger partial charge in [-0.3, -0.25) is 0 Å². The largest absolute Gasteiger partial charge is 0.395 e. The molecule has 0 spiro atoms. The maximum atomic E-state index is 9.22. The van der Waals surface area contributed by atoms with Crippen molar-refractivity contribution < 1.29 is 5.11 Å². The SMILES string of the molecule is OCCn1c(-c2cccc(Cl)c2)nc2cccnc21. The standard InChI is InChI=1S/C14H12ClN3O/c15-11-4-1-3-10(9-11)13-17-12-5-2-6-16-14(12)18(13)7-8-19/h1-6,9,19H,7-8H2. The van der Waals surface area contributed by atoms with Gasteiger partial charge in [0.05, 0.1) is 6.61 Å². The zero-order valence-electron chi connectivity index (χ0n) is 10.1. The fourth-order valence-electron chi connectivity index (χ4n) is 2.12. The zero-order chi connectivity index (χ0) is 13.2. The molecule has 96 valence electrons. The van der Waals surface area contributed by atoms with Gasteiger partial charge >= 0.3 is 0 Å². The molecule has 4 nitrogen and oxygen atoms in total. The second-order valence-corrected chi connectivity index (χ2v) is 4.60. The van der Waals surface area contributed by atoms with Crippen molar-refractivity contribution in [3.05, 3.63) is 47.6 Å². The number of aliphatic hydroxyl groups excluding tert-OH is 1. The van der Waals surface area contributed by atoms with Crippen LogP contribution in [0.15, 0.2) is 42.6 Å². The first-order valence-corrected chi connectivity index (χ1v) is 6.35. The van der Waals surface area contributed by atoms with Crippen molar-refractivity contribution in [3.8, 4) is 11.4 Å². The minimum absolute atomic E-state index is 0.0373. The summed E-state index contributed by atoms with van der Waals surface area (Å²) in [7, 11) is 0. The lowest BCUT2D eigenvalue weighted by atomic mass is 10.2. The van der Waals surface area contributed by atoms with Crippen LogP contribution in [0.1, 0.15) is 0 Å². The smallest absolute Gasteiger partial charge is 0.160 e. The summed E-state index contributed by atoms with van der Waals surface area (Å²) in [5.74, 6) is 0.769. The molecule has 0 fully saturated rings. The van der Waals surface area contributed by atoms with Crippen molar-refractivity contribution in [1.29, 1.82) is 0 Å². The first-order valence-electron chi connectivity index (χ1n) is 5.97. The Balaban J connectivity index is 2.25. The topological polar surface area (TPSA) is 50.9 Å². The van der Waals surface area contributed by atoms with Crippen molar-refractivity contribution in [1.82, 2.24) is 14.5 Å². The number of benzene rings is 1. The van der Waals surface area contributed by atoms with Gasteiger partial charge in [0.15, 0.2) is 5.65 Å². The van der Waals surface area contributed by atoms with Gasteiger partial charge in [0, 0.05) is 23.3 Å². The third kappa shape index (κ3) is 2.20. The molecule has 3 rings (SSSR count). The van der Waals surface area contributed by atoms with E-state index in [0.29, 0.717) is 11.6 Å². The highest BCUT2D eigenvalue weighted by atomic mass is 35.5. The van der Waals surface area contributed by atoms with Crippen LogP contribution in [0.5, 0.6) is 0 Å². The van der Waals surface area contributed by atoms with Gasteiger partial charge in [-0.25, -0.2) is 9.97 Å². The van der Waals surface area contributed by atoms with E-state index in [4.69, 9.17) is 11.6 Å². The van der Waals surface area contributed by atoms with E-state index in [1.807, 2.05) is 41.0 Å². The Hall–Kier alpha value is -1.91. The molecule has 0 unspecified atom stereocenters. The maximum absolute atomic E-state index is 9.22. The number of rotatable bonds is 3. The molecule has 0 aliphatic carbocycles. The number of aromatic nitrogens is 3. The molecule has 2 heterocycles. The highest BCUT2D eigenvalue weighted by molar-refractivity contribution is 6.30. The number of fused-ring (bicyclic) bond motifs is 1. The van der Waals surface area contributed by atoms with Crippen molar-refractivity contribution in [2.45, 2.75) is 6.54 Å². The molecule has 0 aliphatic rings. The minimum Gasteiger partial charge on any atom is -0.395 e. The van der Waals surface area contributed by atoms with E-state index in [0.717, 1.165) is 22.6 Å². The number of aliphatic hydroxyl groups is 1. The van der Waals surface area contributed by atoms with Gasteiger partial charge in [-0.15, -0.1) is 0 Å². The number of halogens is 1. The van der Waals surface area contributed by atoms with Crippen LogP contribution in [0, 0.1) is 0 Å². The molecule has 0 bridgehead atoms. The lowest BCUT2D eigenvalue weighted by Gasteiger charge is -2.06. The summed E-state index contributed by atoms with van der Waals surface area (Å²) in [6, 6.07) is 11.3. The molecule has 1 aromatic carbocycles. The highest BCUT2D eigenvalue weighted by Crippen LogP contribution is 2.25. The monoisotopic (exact) mass is 273 g/mol. The zero-order valence-corrected chi connectivity index (χ0v) is 10.9. The number of hydrogen-bond donors (Lipinski definition) is 1. The Bertz CT molecular complexity index is 724. The van der Waals surface area contributed by atoms with E-state index in [2.05, 4.69) is 9.97 Å². The van der Waals surface area contributed by atoms with Crippen molar-refractivity contribution in [3.63, 3.8) is 0 Å². The van der Waals surface area contributed by atoms with Crippen molar-refractivity contribution in [2.75, 3.05) is 6.61 Å². The summed E-state index contributed by atoms with van der Waals surface area (Å²) in [6.07, 6.45) is 1.72. The second-order valence-electron chi connectivity index (χ2n) is 4.17. The van der Waals surface area contributed by atoms with Gasteiger partial charge in [0.25, 0.3) is 0 Å². The normalized spacial score (nSPS) is 11.1. The molecule has 0 saturated heterocycles. The number of pyridine rings is 1. The summed E-state index contributed by atoms with van der Waals surface area (Å²) in [4.78, 5) is 8.90. The van der Waals surface area contributed by atoms with Crippen LogP contribution in [-0.4, -0.2) is 26.2 Å². The fourth-order valence-corrected chi connectivity index (χ4v) is 2.31. The maximum Gasteiger partial charge on any atom is 0.160 e. The summed E-state index contributed by atoms with van der Waals surface area (Å²) >= 11 is 6.02. The predicted octanol–water partition coefficient (Wildman–Crippen LogP) is 2.74. The Morgan fingerprint density at radius 2 is 2.11 bits per heavy atom. The van der Waals surface area contributed by atoms with Crippen LogP contribution in [0.4, 0.5) is 0 Å². The molecule has 3 aromatic rings. The van der Waals surface area contributed by atoms with E-state index < -0.39 is 0 Å². The predicted molar refractivity (Wildman–Crippen MR) is 75.1 cm³/mol. The van der Waals surface area contributed by atoms with Gasteiger partial charge in [-0.05, 0) is 24.3 Å². The van der Waals surface area contributed by atoms with Crippen LogP contribution in [0.25, 0.3) is 22.6 Å². The molecule has 0 atom stereocenters. The van der Waals surface area contributed by atoms with Gasteiger partial charge in [0.1, 0.15) is 11.3 Å². The van der Waals surface area contributed by atoms with E-state index in [1.54, 1.807) is 6.20 Å². The summed E-state index contributed by atoms with van der Waals surface area (Å²) < 4.78 is 1.90. The first-order chi connectivity index (χ1) is 9.29. The Morgan fingerprint density at radius 1 is 1.21 bits per heavy atom. The van der Waals surface area contributed by atoms with E-state index in [1.165, 1.54) is 0 Å². The van der Waals surface area contributed by atoms with Gasteiger partial charge in [-0.1, -0.05) is 23.7 Å². The number of hydrogen-bond acceptors (Lipinski definition) is 3.